The number of aryl methyl sites for hydroxylation is 1. The number of aromatic nitrogens is 4. The van der Waals surface area contributed by atoms with Crippen molar-refractivity contribution < 1.29 is 9.59 Å². The fourth-order valence-electron chi connectivity index (χ4n) is 2.06. The number of hydrogen-bond acceptors (Lipinski definition) is 6. The van der Waals surface area contributed by atoms with Crippen LogP contribution in [0.25, 0.3) is 17.5 Å². The summed E-state index contributed by atoms with van der Waals surface area (Å²) in [6, 6.07) is 11.3. The molecule has 0 atom stereocenters. The molecule has 0 spiro atoms. The summed E-state index contributed by atoms with van der Waals surface area (Å²) in [5, 5.41) is 13.8. The van der Waals surface area contributed by atoms with Crippen LogP contribution in [0.15, 0.2) is 47.9 Å². The fraction of sp³-hybridized carbons (Fsp3) is 0.118. The first-order valence-electron chi connectivity index (χ1n) is 7.76. The van der Waals surface area contributed by atoms with Gasteiger partial charge in [0.1, 0.15) is 6.54 Å². The van der Waals surface area contributed by atoms with Gasteiger partial charge in [0.25, 0.3) is 11.8 Å². The van der Waals surface area contributed by atoms with Crippen molar-refractivity contribution in [3.8, 4) is 11.4 Å². The molecule has 2 amide bonds. The van der Waals surface area contributed by atoms with Crippen LogP contribution in [-0.2, 0) is 16.1 Å². The van der Waals surface area contributed by atoms with Crippen molar-refractivity contribution in [3.63, 3.8) is 0 Å². The highest BCUT2D eigenvalue weighted by Gasteiger charge is 2.09. The van der Waals surface area contributed by atoms with Crippen LogP contribution in [0.4, 0.5) is 0 Å². The number of carbonyl (C=O) groups excluding carboxylic acids is 2. The van der Waals surface area contributed by atoms with E-state index in [-0.39, 0.29) is 6.54 Å². The van der Waals surface area contributed by atoms with Crippen LogP contribution in [0.5, 0.6) is 0 Å². The highest BCUT2D eigenvalue weighted by atomic mass is 32.1. The van der Waals surface area contributed by atoms with E-state index in [2.05, 4.69) is 26.3 Å². The Morgan fingerprint density at radius 3 is 2.73 bits per heavy atom. The summed E-state index contributed by atoms with van der Waals surface area (Å²) in [6.07, 6.45) is 3.06. The molecule has 0 aliphatic rings. The Morgan fingerprint density at radius 2 is 2.00 bits per heavy atom. The number of rotatable bonds is 5. The van der Waals surface area contributed by atoms with Gasteiger partial charge < -0.3 is 0 Å². The summed E-state index contributed by atoms with van der Waals surface area (Å²) in [7, 11) is 0. The molecule has 0 unspecified atom stereocenters. The molecule has 0 saturated heterocycles. The molecule has 1 aromatic carbocycles. The van der Waals surface area contributed by atoms with Gasteiger partial charge in [-0.15, -0.1) is 21.5 Å². The van der Waals surface area contributed by atoms with Gasteiger partial charge in [-0.3, -0.25) is 20.4 Å². The van der Waals surface area contributed by atoms with Crippen molar-refractivity contribution in [1.82, 2.24) is 31.1 Å². The van der Waals surface area contributed by atoms with Crippen LogP contribution in [-0.4, -0.2) is 32.0 Å². The largest absolute Gasteiger partial charge is 0.271 e. The molecule has 0 aliphatic heterocycles. The Labute approximate surface area is 153 Å². The molecule has 2 N–H and O–H groups in total. The SMILES string of the molecule is Cc1ccsc1/C=C/C(=O)NNC(=O)Cn1nnc(-c2ccccc2)n1. The predicted molar refractivity (Wildman–Crippen MR) is 97.6 cm³/mol. The monoisotopic (exact) mass is 368 g/mol. The van der Waals surface area contributed by atoms with Crippen LogP contribution in [0.1, 0.15) is 10.4 Å². The lowest BCUT2D eigenvalue weighted by Crippen LogP contribution is -2.42. The summed E-state index contributed by atoms with van der Waals surface area (Å²) >= 11 is 1.54. The highest BCUT2D eigenvalue weighted by Crippen LogP contribution is 2.16. The molecule has 132 valence electrons. The normalized spacial score (nSPS) is 10.8. The van der Waals surface area contributed by atoms with Crippen LogP contribution in [0.2, 0.25) is 0 Å². The zero-order valence-electron chi connectivity index (χ0n) is 13.9. The first-order chi connectivity index (χ1) is 12.6. The van der Waals surface area contributed by atoms with Crippen molar-refractivity contribution in [2.45, 2.75) is 13.5 Å². The second-order valence-electron chi connectivity index (χ2n) is 5.35. The smallest absolute Gasteiger partial charge is 0.262 e. The lowest BCUT2D eigenvalue weighted by molar-refractivity contribution is -0.127. The van der Waals surface area contributed by atoms with E-state index in [4.69, 9.17) is 0 Å². The third kappa shape index (κ3) is 4.61. The Kier molecular flexibility index (Phi) is 5.49. The number of hydrazine groups is 1. The van der Waals surface area contributed by atoms with Crippen LogP contribution < -0.4 is 10.9 Å². The molecule has 26 heavy (non-hydrogen) atoms. The second kappa shape index (κ2) is 8.17. The number of benzene rings is 1. The van der Waals surface area contributed by atoms with E-state index in [1.165, 1.54) is 17.4 Å². The van der Waals surface area contributed by atoms with Crippen LogP contribution in [0.3, 0.4) is 0 Å². The molecule has 3 aromatic rings. The third-order valence-corrected chi connectivity index (χ3v) is 4.37. The minimum atomic E-state index is -0.462. The number of thiophene rings is 1. The number of amides is 2. The van der Waals surface area contributed by atoms with Crippen molar-refractivity contribution in [3.05, 3.63) is 58.3 Å². The first kappa shape index (κ1) is 17.5. The summed E-state index contributed by atoms with van der Waals surface area (Å²) in [5.74, 6) is -0.463. The van der Waals surface area contributed by atoms with E-state index in [1.54, 1.807) is 6.08 Å². The van der Waals surface area contributed by atoms with Gasteiger partial charge in [-0.05, 0) is 35.2 Å². The summed E-state index contributed by atoms with van der Waals surface area (Å²) < 4.78 is 0. The lowest BCUT2D eigenvalue weighted by Gasteiger charge is -2.04. The Balaban J connectivity index is 1.48. The zero-order valence-corrected chi connectivity index (χ0v) is 14.7. The van der Waals surface area contributed by atoms with Gasteiger partial charge in [0.2, 0.25) is 5.82 Å². The predicted octanol–water partition coefficient (Wildman–Crippen LogP) is 1.57. The van der Waals surface area contributed by atoms with E-state index < -0.39 is 11.8 Å². The van der Waals surface area contributed by atoms with Gasteiger partial charge in [-0.1, -0.05) is 30.3 Å². The molecular formula is C17H16N6O2S. The molecule has 0 radical (unpaired) electrons. The minimum Gasteiger partial charge on any atom is -0.271 e. The van der Waals surface area contributed by atoms with Crippen molar-refractivity contribution in [1.29, 1.82) is 0 Å². The molecule has 2 aromatic heterocycles. The van der Waals surface area contributed by atoms with Gasteiger partial charge in [0, 0.05) is 16.5 Å². The Morgan fingerprint density at radius 1 is 1.19 bits per heavy atom. The maximum Gasteiger partial charge on any atom is 0.262 e. The topological polar surface area (TPSA) is 102 Å². The standard InChI is InChI=1S/C17H16N6O2S/c1-12-9-10-26-14(12)7-8-15(24)18-19-16(25)11-23-21-17(20-22-23)13-5-3-2-4-6-13/h2-10H,11H2,1H3,(H,18,24)(H,19,25)/b8-7+. The summed E-state index contributed by atoms with van der Waals surface area (Å²) in [5.41, 5.74) is 6.52. The molecular weight excluding hydrogens is 352 g/mol. The average molecular weight is 368 g/mol. The second-order valence-corrected chi connectivity index (χ2v) is 6.30. The quantitative estimate of drug-likeness (QED) is 0.526. The number of nitrogens with zero attached hydrogens (tertiary/aromatic N) is 4. The van der Waals surface area contributed by atoms with Crippen LogP contribution >= 0.6 is 11.3 Å². The summed E-state index contributed by atoms with van der Waals surface area (Å²) in [6.45, 7) is 1.80. The molecule has 0 aliphatic carbocycles. The van der Waals surface area contributed by atoms with E-state index in [1.807, 2.05) is 48.7 Å². The van der Waals surface area contributed by atoms with E-state index >= 15 is 0 Å². The number of nitrogens with one attached hydrogen (secondary N) is 2. The maximum atomic E-state index is 11.9. The van der Waals surface area contributed by atoms with Gasteiger partial charge >= 0.3 is 0 Å². The van der Waals surface area contributed by atoms with Gasteiger partial charge in [-0.25, -0.2) is 0 Å². The van der Waals surface area contributed by atoms with E-state index in [0.717, 1.165) is 20.8 Å². The zero-order chi connectivity index (χ0) is 18.4. The molecule has 0 bridgehead atoms. The molecule has 3 rings (SSSR count). The van der Waals surface area contributed by atoms with E-state index in [0.29, 0.717) is 5.82 Å². The van der Waals surface area contributed by atoms with Gasteiger partial charge in [0.15, 0.2) is 0 Å². The maximum absolute atomic E-state index is 11.9. The lowest BCUT2D eigenvalue weighted by atomic mass is 10.2. The molecule has 8 nitrogen and oxygen atoms in total. The number of hydrogen-bond donors (Lipinski definition) is 2. The molecule has 0 fully saturated rings. The van der Waals surface area contributed by atoms with E-state index in [9.17, 15) is 9.59 Å². The van der Waals surface area contributed by atoms with Crippen molar-refractivity contribution in [2.75, 3.05) is 0 Å². The number of carbonyl (C=O) groups is 2. The summed E-state index contributed by atoms with van der Waals surface area (Å²) in [4.78, 5) is 25.8. The van der Waals surface area contributed by atoms with Crippen LogP contribution in [0, 0.1) is 6.92 Å². The fourth-order valence-corrected chi connectivity index (χ4v) is 2.88. The minimum absolute atomic E-state index is 0.159. The third-order valence-electron chi connectivity index (χ3n) is 3.38. The van der Waals surface area contributed by atoms with Gasteiger partial charge in [0.05, 0.1) is 0 Å². The number of tetrazole rings is 1. The molecule has 2 heterocycles. The Bertz CT molecular complexity index is 932. The van der Waals surface area contributed by atoms with Crippen molar-refractivity contribution >= 4 is 29.2 Å². The molecule has 0 saturated carbocycles. The average Bonchev–Trinajstić information content (AvgIpc) is 3.28. The molecule has 9 heteroatoms. The Hall–Kier alpha value is -3.33. The first-order valence-corrected chi connectivity index (χ1v) is 8.64. The highest BCUT2D eigenvalue weighted by molar-refractivity contribution is 7.11. The van der Waals surface area contributed by atoms with Crippen molar-refractivity contribution in [2.24, 2.45) is 0 Å². The van der Waals surface area contributed by atoms with Gasteiger partial charge in [-0.2, -0.15) is 4.80 Å².